The summed E-state index contributed by atoms with van der Waals surface area (Å²) in [4.78, 5) is 10.0. The van der Waals surface area contributed by atoms with Gasteiger partial charge in [0.25, 0.3) is 15.7 Å². The summed E-state index contributed by atoms with van der Waals surface area (Å²) in [7, 11) is -3.87. The summed E-state index contributed by atoms with van der Waals surface area (Å²) in [6, 6.07) is 4.67. The van der Waals surface area contributed by atoms with E-state index in [4.69, 9.17) is 0 Å². The Bertz CT molecular complexity index is 1080. The number of benzene rings is 1. The van der Waals surface area contributed by atoms with Crippen LogP contribution in [0.3, 0.4) is 0 Å². The van der Waals surface area contributed by atoms with Crippen molar-refractivity contribution in [3.8, 4) is 0 Å². The van der Waals surface area contributed by atoms with Crippen molar-refractivity contribution in [1.82, 2.24) is 19.6 Å². The third kappa shape index (κ3) is 4.49. The average Bonchev–Trinajstić information content (AvgIpc) is 3.21. The van der Waals surface area contributed by atoms with Crippen LogP contribution in [0, 0.1) is 17.0 Å². The first-order chi connectivity index (χ1) is 12.8. The number of halogens is 1. The Balaban J connectivity index is 0.00000280. The number of nitro benzene ring substituents is 1. The number of aryl methyl sites for hydroxylation is 1. The number of sulfonamides is 1. The van der Waals surface area contributed by atoms with Crippen LogP contribution in [0.5, 0.6) is 0 Å². The van der Waals surface area contributed by atoms with Gasteiger partial charge in [0, 0.05) is 36.1 Å². The minimum atomic E-state index is -3.87. The Morgan fingerprint density at radius 2 is 1.86 bits per heavy atom. The third-order valence-electron chi connectivity index (χ3n) is 4.08. The number of nitrogens with one attached hydrogen (secondary N) is 1. The number of non-ortho nitro benzene ring substituents is 1. The number of anilines is 1. The molecule has 0 spiro atoms. The summed E-state index contributed by atoms with van der Waals surface area (Å²) in [6.07, 6.45) is 4.75. The number of aromatic nitrogens is 4. The van der Waals surface area contributed by atoms with Gasteiger partial charge in [0.1, 0.15) is 0 Å². The summed E-state index contributed by atoms with van der Waals surface area (Å²) < 4.78 is 30.7. The Morgan fingerprint density at radius 1 is 1.18 bits per heavy atom. The van der Waals surface area contributed by atoms with Crippen molar-refractivity contribution in [2.45, 2.75) is 31.8 Å². The van der Waals surface area contributed by atoms with Crippen molar-refractivity contribution in [3.63, 3.8) is 0 Å². The zero-order valence-electron chi connectivity index (χ0n) is 15.1. The van der Waals surface area contributed by atoms with Gasteiger partial charge in [0.05, 0.1) is 34.4 Å². The van der Waals surface area contributed by atoms with Crippen LogP contribution in [-0.4, -0.2) is 32.9 Å². The highest BCUT2D eigenvalue weighted by Crippen LogP contribution is 2.19. The van der Waals surface area contributed by atoms with E-state index in [1.165, 1.54) is 18.3 Å². The summed E-state index contributed by atoms with van der Waals surface area (Å²) in [5.41, 5.74) is 2.14. The topological polar surface area (TPSA) is 125 Å². The zero-order chi connectivity index (χ0) is 19.6. The summed E-state index contributed by atoms with van der Waals surface area (Å²) in [6.45, 7) is 5.20. The van der Waals surface area contributed by atoms with Gasteiger partial charge in [-0.25, -0.2) is 8.42 Å². The molecule has 2 heterocycles. The van der Waals surface area contributed by atoms with Crippen LogP contribution in [0.4, 0.5) is 11.4 Å². The van der Waals surface area contributed by atoms with Crippen LogP contribution in [0.2, 0.25) is 0 Å². The second kappa shape index (κ2) is 8.40. The first-order valence-electron chi connectivity index (χ1n) is 8.11. The third-order valence-corrected chi connectivity index (χ3v) is 5.48. The Morgan fingerprint density at radius 3 is 2.43 bits per heavy atom. The predicted molar refractivity (Wildman–Crippen MR) is 105 cm³/mol. The molecule has 0 bridgehead atoms. The van der Waals surface area contributed by atoms with Gasteiger partial charge >= 0.3 is 0 Å². The maximum Gasteiger partial charge on any atom is 0.269 e. The van der Waals surface area contributed by atoms with Crippen molar-refractivity contribution in [1.29, 1.82) is 0 Å². The van der Waals surface area contributed by atoms with Gasteiger partial charge in [-0.3, -0.25) is 24.2 Å². The van der Waals surface area contributed by atoms with Crippen molar-refractivity contribution >= 4 is 33.8 Å². The lowest BCUT2D eigenvalue weighted by Gasteiger charge is -2.05. The van der Waals surface area contributed by atoms with E-state index in [-0.39, 0.29) is 23.0 Å². The lowest BCUT2D eigenvalue weighted by molar-refractivity contribution is -0.384. The zero-order valence-corrected chi connectivity index (χ0v) is 16.8. The summed E-state index contributed by atoms with van der Waals surface area (Å²) in [5, 5.41) is 19.1. The van der Waals surface area contributed by atoms with Crippen LogP contribution >= 0.6 is 12.4 Å². The summed E-state index contributed by atoms with van der Waals surface area (Å²) >= 11 is 0. The smallest absolute Gasteiger partial charge is 0.269 e. The molecule has 0 aliphatic rings. The normalized spacial score (nSPS) is 11.1. The SMILES string of the molecule is CCn1ncc(Cn2cc(NS(=O)(=O)c3ccc([N+](=O)[O-])cc3)cn2)c1C.Cl. The van der Waals surface area contributed by atoms with Gasteiger partial charge in [0.2, 0.25) is 0 Å². The molecule has 28 heavy (non-hydrogen) atoms. The molecule has 0 radical (unpaired) electrons. The van der Waals surface area contributed by atoms with Crippen LogP contribution in [0.15, 0.2) is 47.8 Å². The highest BCUT2D eigenvalue weighted by molar-refractivity contribution is 7.92. The number of nitro groups is 1. The quantitative estimate of drug-likeness (QED) is 0.457. The van der Waals surface area contributed by atoms with Crippen molar-refractivity contribution in [3.05, 3.63) is 64.2 Å². The molecule has 0 saturated heterocycles. The lowest BCUT2D eigenvalue weighted by atomic mass is 10.2. The monoisotopic (exact) mass is 426 g/mol. The maximum absolute atomic E-state index is 12.4. The molecule has 0 fully saturated rings. The Labute approximate surface area is 167 Å². The van der Waals surface area contributed by atoms with E-state index in [1.54, 1.807) is 17.1 Å². The number of rotatable bonds is 7. The van der Waals surface area contributed by atoms with Crippen molar-refractivity contribution in [2.75, 3.05) is 4.72 Å². The molecule has 3 rings (SSSR count). The standard InChI is InChI=1S/C16H18N6O4S.ClH/c1-3-21-12(2)13(8-18-21)10-20-11-14(9-17-20)19-27(25,26)16-6-4-15(5-7-16)22(23)24;/h4-9,11,19H,3,10H2,1-2H3;1H. The number of nitrogens with zero attached hydrogens (tertiary/aromatic N) is 5. The van der Waals surface area contributed by atoms with E-state index in [0.29, 0.717) is 12.2 Å². The van der Waals surface area contributed by atoms with Gasteiger partial charge in [-0.05, 0) is 26.0 Å². The molecule has 0 unspecified atom stereocenters. The van der Waals surface area contributed by atoms with E-state index in [2.05, 4.69) is 14.9 Å². The Kier molecular flexibility index (Phi) is 6.41. The van der Waals surface area contributed by atoms with E-state index in [9.17, 15) is 18.5 Å². The largest absolute Gasteiger partial charge is 0.276 e. The van der Waals surface area contributed by atoms with Gasteiger partial charge < -0.3 is 0 Å². The molecule has 0 amide bonds. The fourth-order valence-corrected chi connectivity index (χ4v) is 3.63. The van der Waals surface area contributed by atoms with Gasteiger partial charge in [0.15, 0.2) is 0 Å². The minimum Gasteiger partial charge on any atom is -0.276 e. The van der Waals surface area contributed by atoms with E-state index < -0.39 is 14.9 Å². The fraction of sp³-hybridized carbons (Fsp3) is 0.250. The van der Waals surface area contributed by atoms with Gasteiger partial charge in [-0.2, -0.15) is 10.2 Å². The van der Waals surface area contributed by atoms with Crippen LogP contribution < -0.4 is 4.72 Å². The minimum absolute atomic E-state index is 0. The van der Waals surface area contributed by atoms with Crippen LogP contribution in [0.25, 0.3) is 0 Å². The van der Waals surface area contributed by atoms with Gasteiger partial charge in [-0.15, -0.1) is 12.4 Å². The number of hydrogen-bond donors (Lipinski definition) is 1. The molecule has 12 heteroatoms. The fourth-order valence-electron chi connectivity index (χ4n) is 2.60. The lowest BCUT2D eigenvalue weighted by Crippen LogP contribution is -2.12. The molecule has 3 aromatic rings. The van der Waals surface area contributed by atoms with Crippen molar-refractivity contribution in [2.24, 2.45) is 0 Å². The molecule has 0 atom stereocenters. The summed E-state index contributed by atoms with van der Waals surface area (Å²) in [5.74, 6) is 0. The molecule has 0 aliphatic carbocycles. The molecule has 10 nitrogen and oxygen atoms in total. The maximum atomic E-state index is 12.4. The average molecular weight is 427 g/mol. The van der Waals surface area contributed by atoms with E-state index >= 15 is 0 Å². The first-order valence-corrected chi connectivity index (χ1v) is 9.59. The van der Waals surface area contributed by atoms with Crippen molar-refractivity contribution < 1.29 is 13.3 Å². The molecule has 2 aromatic heterocycles. The molecule has 0 saturated carbocycles. The molecule has 150 valence electrons. The highest BCUT2D eigenvalue weighted by atomic mass is 35.5. The molecule has 1 N–H and O–H groups in total. The molecular formula is C16H19ClN6O4S. The highest BCUT2D eigenvalue weighted by Gasteiger charge is 2.17. The molecule has 0 aliphatic heterocycles. The van der Waals surface area contributed by atoms with E-state index in [0.717, 1.165) is 29.9 Å². The van der Waals surface area contributed by atoms with Gasteiger partial charge in [-0.1, -0.05) is 0 Å². The second-order valence-corrected chi connectivity index (χ2v) is 7.54. The van der Waals surface area contributed by atoms with Crippen LogP contribution in [0.1, 0.15) is 18.2 Å². The second-order valence-electron chi connectivity index (χ2n) is 5.85. The predicted octanol–water partition coefficient (Wildman–Crippen LogP) is 2.59. The number of hydrogen-bond acceptors (Lipinski definition) is 6. The molecule has 1 aromatic carbocycles. The van der Waals surface area contributed by atoms with E-state index in [1.807, 2.05) is 18.5 Å². The Hall–Kier alpha value is -2.92. The first kappa shape index (κ1) is 21.4. The van der Waals surface area contributed by atoms with Crippen LogP contribution in [-0.2, 0) is 23.1 Å². The molecular weight excluding hydrogens is 408 g/mol.